The van der Waals surface area contributed by atoms with Crippen LogP contribution in [0.5, 0.6) is 5.75 Å². The number of hydrogen-bond acceptors (Lipinski definition) is 5. The number of aryl methyl sites for hydroxylation is 1. The molecule has 4 rings (SSSR count). The van der Waals surface area contributed by atoms with E-state index in [4.69, 9.17) is 9.47 Å². The molecule has 2 aliphatic rings. The first-order chi connectivity index (χ1) is 14.9. The van der Waals surface area contributed by atoms with Crippen molar-refractivity contribution in [1.29, 1.82) is 0 Å². The Morgan fingerprint density at radius 1 is 1.03 bits per heavy atom. The quantitative estimate of drug-likeness (QED) is 0.660. The number of carbonyl (C=O) groups is 2. The van der Waals surface area contributed by atoms with Gasteiger partial charge in [0.25, 0.3) is 0 Å². The van der Waals surface area contributed by atoms with E-state index in [2.05, 4.69) is 4.90 Å². The van der Waals surface area contributed by atoms with Crippen molar-refractivity contribution < 1.29 is 23.5 Å². The topological polar surface area (TPSA) is 55.8 Å². The van der Waals surface area contributed by atoms with Crippen LogP contribution in [-0.2, 0) is 14.3 Å². The smallest absolute Gasteiger partial charge is 0.148 e. The maximum atomic E-state index is 13.3. The normalized spacial score (nSPS) is 19.0. The van der Waals surface area contributed by atoms with Gasteiger partial charge in [-0.3, -0.25) is 14.5 Å². The molecule has 0 amide bonds. The molecule has 1 saturated heterocycles. The molecule has 0 atom stereocenters. The van der Waals surface area contributed by atoms with Gasteiger partial charge in [0.2, 0.25) is 0 Å². The van der Waals surface area contributed by atoms with E-state index in [1.54, 1.807) is 26.4 Å². The van der Waals surface area contributed by atoms with Gasteiger partial charge in [-0.15, -0.1) is 0 Å². The Kier molecular flexibility index (Phi) is 5.95. The molecule has 2 fully saturated rings. The predicted molar refractivity (Wildman–Crippen MR) is 116 cm³/mol. The van der Waals surface area contributed by atoms with Crippen molar-refractivity contribution >= 4 is 11.6 Å². The summed E-state index contributed by atoms with van der Waals surface area (Å²) in [5, 5.41) is 0. The molecule has 1 heterocycles. The summed E-state index contributed by atoms with van der Waals surface area (Å²) in [7, 11) is 3.22. The van der Waals surface area contributed by atoms with E-state index >= 15 is 0 Å². The van der Waals surface area contributed by atoms with Gasteiger partial charge in [0.1, 0.15) is 29.1 Å². The molecular formula is C25H28FNO4. The lowest BCUT2D eigenvalue weighted by Crippen LogP contribution is -2.61. The van der Waals surface area contributed by atoms with Crippen molar-refractivity contribution in [3.05, 3.63) is 53.3 Å². The van der Waals surface area contributed by atoms with Gasteiger partial charge in [0.15, 0.2) is 0 Å². The number of likely N-dealkylation sites (tertiary alicyclic amines) is 1. The van der Waals surface area contributed by atoms with E-state index < -0.39 is 5.92 Å². The van der Waals surface area contributed by atoms with Crippen molar-refractivity contribution in [2.24, 2.45) is 5.41 Å². The van der Waals surface area contributed by atoms with Gasteiger partial charge < -0.3 is 9.47 Å². The summed E-state index contributed by atoms with van der Waals surface area (Å²) in [5.41, 5.74) is 2.97. The molecule has 0 bridgehead atoms. The lowest BCUT2D eigenvalue weighted by molar-refractivity contribution is -0.143. The highest BCUT2D eigenvalue weighted by atomic mass is 19.1. The van der Waals surface area contributed by atoms with Crippen LogP contribution in [-0.4, -0.2) is 56.9 Å². The molecule has 1 aliphatic heterocycles. The van der Waals surface area contributed by atoms with Gasteiger partial charge in [-0.25, -0.2) is 4.39 Å². The Bertz CT molecular complexity index is 975. The average molecular weight is 426 g/mol. The van der Waals surface area contributed by atoms with Crippen LogP contribution in [0.4, 0.5) is 4.39 Å². The summed E-state index contributed by atoms with van der Waals surface area (Å²) in [6.45, 7) is 4.89. The number of Topliss-reactive ketones (excluding diaryl/α,β-unsaturated/α-hetero) is 2. The summed E-state index contributed by atoms with van der Waals surface area (Å²) >= 11 is 0. The fourth-order valence-corrected chi connectivity index (χ4v) is 5.13. The second-order valence-corrected chi connectivity index (χ2v) is 8.84. The Morgan fingerprint density at radius 2 is 1.68 bits per heavy atom. The second kappa shape index (κ2) is 8.52. The molecule has 6 heteroatoms. The molecule has 5 nitrogen and oxygen atoms in total. The first kappa shape index (κ1) is 21.7. The van der Waals surface area contributed by atoms with Gasteiger partial charge in [-0.1, -0.05) is 18.2 Å². The number of hydrogen-bond donors (Lipinski definition) is 0. The van der Waals surface area contributed by atoms with Crippen molar-refractivity contribution in [3.8, 4) is 16.9 Å². The number of ketones is 2. The summed E-state index contributed by atoms with van der Waals surface area (Å²) in [6.07, 6.45) is 0.824. The third-order valence-corrected chi connectivity index (χ3v) is 6.51. The molecule has 1 aliphatic carbocycles. The minimum Gasteiger partial charge on any atom is -0.496 e. The van der Waals surface area contributed by atoms with Gasteiger partial charge in [0.05, 0.1) is 13.7 Å². The molecule has 0 unspecified atom stereocenters. The first-order valence-electron chi connectivity index (χ1n) is 10.6. The van der Waals surface area contributed by atoms with E-state index in [1.165, 1.54) is 12.1 Å². The summed E-state index contributed by atoms with van der Waals surface area (Å²) < 4.78 is 24.0. The molecule has 164 valence electrons. The zero-order valence-corrected chi connectivity index (χ0v) is 18.2. The van der Waals surface area contributed by atoms with Gasteiger partial charge in [-0.05, 0) is 41.8 Å². The second-order valence-electron chi connectivity index (χ2n) is 8.84. The zero-order chi connectivity index (χ0) is 22.2. The highest BCUT2D eigenvalue weighted by Gasteiger charge is 2.52. The molecule has 31 heavy (non-hydrogen) atoms. The van der Waals surface area contributed by atoms with Crippen molar-refractivity contribution in [1.82, 2.24) is 4.90 Å². The predicted octanol–water partition coefficient (Wildman–Crippen LogP) is 3.77. The Labute approximate surface area is 182 Å². The Hall–Kier alpha value is -2.57. The minimum absolute atomic E-state index is 0.0291. The van der Waals surface area contributed by atoms with E-state index in [1.807, 2.05) is 19.1 Å². The lowest BCUT2D eigenvalue weighted by Gasteiger charge is -2.52. The van der Waals surface area contributed by atoms with Crippen LogP contribution >= 0.6 is 0 Å². The number of benzene rings is 2. The third-order valence-electron chi connectivity index (χ3n) is 6.51. The first-order valence-corrected chi connectivity index (χ1v) is 10.6. The molecule has 0 aromatic heterocycles. The Balaban J connectivity index is 1.59. The van der Waals surface area contributed by atoms with Crippen LogP contribution < -0.4 is 4.74 Å². The number of nitrogens with zero attached hydrogens (tertiary/aromatic N) is 1. The van der Waals surface area contributed by atoms with Gasteiger partial charge in [-0.2, -0.15) is 0 Å². The number of carbonyl (C=O) groups excluding carboxylic acids is 2. The van der Waals surface area contributed by atoms with E-state index in [9.17, 15) is 14.0 Å². The van der Waals surface area contributed by atoms with Crippen LogP contribution in [0.15, 0.2) is 36.4 Å². The monoisotopic (exact) mass is 425 g/mol. The highest BCUT2D eigenvalue weighted by molar-refractivity contribution is 6.11. The van der Waals surface area contributed by atoms with Crippen molar-refractivity contribution in [2.75, 3.05) is 40.5 Å². The van der Waals surface area contributed by atoms with Crippen LogP contribution in [0.3, 0.4) is 0 Å². The molecule has 0 N–H and O–H groups in total. The van der Waals surface area contributed by atoms with Gasteiger partial charge in [0, 0.05) is 50.6 Å². The number of halogens is 1. The van der Waals surface area contributed by atoms with E-state index in [-0.39, 0.29) is 22.8 Å². The van der Waals surface area contributed by atoms with Crippen molar-refractivity contribution in [2.45, 2.75) is 25.7 Å². The standard InChI is InChI=1S/C25H28FNO4/c1-16-10-18(17-4-6-19(26)7-5-17)11-22(31-3)23(16)24-20(28)12-25(13-21(24)29)14-27(15-25)8-9-30-2/h4-7,10-11,24H,8-9,12-15H2,1-3H3. The van der Waals surface area contributed by atoms with Crippen LogP contribution in [0.2, 0.25) is 0 Å². The SMILES string of the molecule is COCCN1CC2(CC(=O)C(c3c(C)cc(-c4ccc(F)cc4)cc3OC)C(=O)C2)C1. The van der Waals surface area contributed by atoms with E-state index in [0.29, 0.717) is 30.8 Å². The Morgan fingerprint density at radius 3 is 2.26 bits per heavy atom. The van der Waals surface area contributed by atoms with Crippen LogP contribution in [0, 0.1) is 18.2 Å². The molecule has 0 radical (unpaired) electrons. The minimum atomic E-state index is -0.782. The maximum absolute atomic E-state index is 13.3. The molecular weight excluding hydrogens is 397 g/mol. The molecule has 1 saturated carbocycles. The number of methoxy groups -OCH3 is 2. The van der Waals surface area contributed by atoms with Crippen LogP contribution in [0.25, 0.3) is 11.1 Å². The maximum Gasteiger partial charge on any atom is 0.148 e. The van der Waals surface area contributed by atoms with Crippen LogP contribution in [0.1, 0.15) is 29.9 Å². The summed E-state index contributed by atoms with van der Waals surface area (Å²) in [5.74, 6) is -0.613. The average Bonchev–Trinajstić information content (AvgIpc) is 2.71. The number of rotatable bonds is 6. The number of ether oxygens (including phenoxy) is 2. The lowest BCUT2D eigenvalue weighted by atomic mass is 9.63. The fourth-order valence-electron chi connectivity index (χ4n) is 5.13. The molecule has 2 aromatic carbocycles. The summed E-state index contributed by atoms with van der Waals surface area (Å²) in [6, 6.07) is 9.99. The van der Waals surface area contributed by atoms with Gasteiger partial charge >= 0.3 is 0 Å². The zero-order valence-electron chi connectivity index (χ0n) is 18.2. The highest BCUT2D eigenvalue weighted by Crippen LogP contribution is 2.47. The van der Waals surface area contributed by atoms with E-state index in [0.717, 1.165) is 36.3 Å². The van der Waals surface area contributed by atoms with Crippen molar-refractivity contribution in [3.63, 3.8) is 0 Å². The fraction of sp³-hybridized carbons (Fsp3) is 0.440. The molecule has 2 aromatic rings. The largest absolute Gasteiger partial charge is 0.496 e. The summed E-state index contributed by atoms with van der Waals surface area (Å²) in [4.78, 5) is 28.6. The molecule has 1 spiro atoms. The third kappa shape index (κ3) is 4.14.